The highest BCUT2D eigenvalue weighted by Gasteiger charge is 2.20. The van der Waals surface area contributed by atoms with Gasteiger partial charge in [-0.25, -0.2) is 0 Å². The number of aliphatic hydroxyl groups excluding tert-OH is 2. The molecule has 0 aromatic heterocycles. The number of nitrogens with one attached hydrogen (secondary N) is 1. The van der Waals surface area contributed by atoms with E-state index in [2.05, 4.69) is 79.9 Å². The predicted octanol–water partition coefficient (Wildman–Crippen LogP) is 20.4. The van der Waals surface area contributed by atoms with E-state index in [0.29, 0.717) is 12.8 Å². The molecule has 1 amide bonds. The minimum absolute atomic E-state index is 0.0301. The first kappa shape index (κ1) is 66.1. The second-order valence-electron chi connectivity index (χ2n) is 20.7. The van der Waals surface area contributed by atoms with Gasteiger partial charge in [0, 0.05) is 6.42 Å². The van der Waals surface area contributed by atoms with Crippen LogP contribution in [-0.4, -0.2) is 34.9 Å². The van der Waals surface area contributed by atoms with Crippen LogP contribution in [-0.2, 0) is 4.79 Å². The van der Waals surface area contributed by atoms with E-state index in [1.807, 2.05) is 0 Å². The minimum Gasteiger partial charge on any atom is -0.394 e. The maximum Gasteiger partial charge on any atom is 0.220 e. The summed E-state index contributed by atoms with van der Waals surface area (Å²) >= 11 is 0. The maximum absolute atomic E-state index is 12.5. The number of carbonyl (C=O) groups is 1. The number of rotatable bonds is 56. The van der Waals surface area contributed by atoms with Crippen LogP contribution < -0.4 is 5.32 Å². The van der Waals surface area contributed by atoms with Crippen LogP contribution in [0.3, 0.4) is 0 Å². The number of amides is 1. The second-order valence-corrected chi connectivity index (χ2v) is 20.7. The van der Waals surface area contributed by atoms with Crippen molar-refractivity contribution in [1.29, 1.82) is 0 Å². The quantitative estimate of drug-likeness (QED) is 0.0420. The van der Waals surface area contributed by atoms with Crippen molar-refractivity contribution in [1.82, 2.24) is 5.32 Å². The van der Waals surface area contributed by atoms with E-state index >= 15 is 0 Å². The monoisotopic (exact) mass is 950 g/mol. The summed E-state index contributed by atoms with van der Waals surface area (Å²) in [6.45, 7) is 4.28. The highest BCUT2D eigenvalue weighted by Crippen LogP contribution is 2.18. The van der Waals surface area contributed by atoms with Crippen molar-refractivity contribution in [3.63, 3.8) is 0 Å². The molecular formula is C64H119NO3. The van der Waals surface area contributed by atoms with Gasteiger partial charge in [0.1, 0.15) is 0 Å². The largest absolute Gasteiger partial charge is 0.394 e. The molecular weight excluding hydrogens is 831 g/mol. The number of hydrogen-bond acceptors (Lipinski definition) is 3. The third kappa shape index (κ3) is 55.0. The lowest BCUT2D eigenvalue weighted by atomic mass is 10.0. The lowest BCUT2D eigenvalue weighted by Gasteiger charge is -2.22. The molecule has 0 spiro atoms. The third-order valence-electron chi connectivity index (χ3n) is 14.0. The van der Waals surface area contributed by atoms with Crippen molar-refractivity contribution in [2.24, 2.45) is 0 Å². The van der Waals surface area contributed by atoms with Gasteiger partial charge >= 0.3 is 0 Å². The normalized spacial score (nSPS) is 13.2. The zero-order chi connectivity index (χ0) is 49.2. The number of allylic oxidation sites excluding steroid dienone is 10. The minimum atomic E-state index is -0.664. The van der Waals surface area contributed by atoms with Gasteiger partial charge in [-0.2, -0.15) is 0 Å². The van der Waals surface area contributed by atoms with Crippen molar-refractivity contribution in [2.75, 3.05) is 6.61 Å². The molecule has 0 aliphatic carbocycles. The summed E-state index contributed by atoms with van der Waals surface area (Å²) in [5.41, 5.74) is 0. The summed E-state index contributed by atoms with van der Waals surface area (Å²) in [7, 11) is 0. The van der Waals surface area contributed by atoms with Crippen LogP contribution in [0.25, 0.3) is 0 Å². The fraction of sp³-hybridized carbons (Fsp3) is 0.828. The Hall–Kier alpha value is -1.91. The van der Waals surface area contributed by atoms with Gasteiger partial charge in [0.2, 0.25) is 5.91 Å². The van der Waals surface area contributed by atoms with Gasteiger partial charge in [0.15, 0.2) is 0 Å². The van der Waals surface area contributed by atoms with Gasteiger partial charge in [0.25, 0.3) is 0 Å². The van der Waals surface area contributed by atoms with E-state index in [1.165, 1.54) is 238 Å². The summed E-state index contributed by atoms with van der Waals surface area (Å²) in [6.07, 6.45) is 83.7. The molecule has 0 heterocycles. The van der Waals surface area contributed by atoms with Gasteiger partial charge < -0.3 is 15.5 Å². The molecule has 2 unspecified atom stereocenters. The van der Waals surface area contributed by atoms with Crippen LogP contribution in [0.2, 0.25) is 0 Å². The fourth-order valence-electron chi connectivity index (χ4n) is 9.45. The van der Waals surface area contributed by atoms with Crippen LogP contribution in [0.5, 0.6) is 0 Å². The summed E-state index contributed by atoms with van der Waals surface area (Å²) in [5.74, 6) is -0.0301. The molecule has 0 bridgehead atoms. The Bertz CT molecular complexity index is 1120. The van der Waals surface area contributed by atoms with Crippen molar-refractivity contribution >= 4 is 5.91 Å². The molecule has 3 N–H and O–H groups in total. The molecule has 4 heteroatoms. The topological polar surface area (TPSA) is 69.6 Å². The van der Waals surface area contributed by atoms with Crippen LogP contribution >= 0.6 is 0 Å². The van der Waals surface area contributed by atoms with Crippen LogP contribution in [0.1, 0.15) is 322 Å². The fourth-order valence-corrected chi connectivity index (χ4v) is 9.45. The molecule has 68 heavy (non-hydrogen) atoms. The summed E-state index contributed by atoms with van der Waals surface area (Å²) in [4.78, 5) is 12.5. The van der Waals surface area contributed by atoms with E-state index in [-0.39, 0.29) is 12.5 Å². The summed E-state index contributed by atoms with van der Waals surface area (Å²) < 4.78 is 0. The lowest BCUT2D eigenvalue weighted by Crippen LogP contribution is -2.45. The molecule has 398 valence electrons. The molecule has 0 rings (SSSR count). The molecule has 0 saturated heterocycles. The smallest absolute Gasteiger partial charge is 0.220 e. The Balaban J connectivity index is 3.45. The molecule has 0 saturated carbocycles. The Labute approximate surface area is 426 Å². The summed E-state index contributed by atoms with van der Waals surface area (Å²) in [6, 6.07) is -0.541. The van der Waals surface area contributed by atoms with E-state index in [1.54, 1.807) is 0 Å². The highest BCUT2D eigenvalue weighted by atomic mass is 16.3. The molecule has 0 fully saturated rings. The number of unbranched alkanes of at least 4 members (excludes halogenated alkanes) is 39. The summed E-state index contributed by atoms with van der Waals surface area (Å²) in [5, 5.41) is 23.4. The number of aliphatic hydroxyl groups is 2. The van der Waals surface area contributed by atoms with Gasteiger partial charge in [0.05, 0.1) is 18.8 Å². The first-order valence-electron chi connectivity index (χ1n) is 30.5. The van der Waals surface area contributed by atoms with E-state index in [0.717, 1.165) is 57.8 Å². The van der Waals surface area contributed by atoms with Gasteiger partial charge in [-0.15, -0.1) is 0 Å². The van der Waals surface area contributed by atoms with E-state index < -0.39 is 12.1 Å². The van der Waals surface area contributed by atoms with Crippen molar-refractivity contribution in [3.05, 3.63) is 60.8 Å². The molecule has 0 aromatic rings. The standard InChI is InChI=1S/C64H119NO3/c1-3-5-7-9-11-13-15-17-19-21-23-25-27-29-31-32-34-36-38-40-42-44-46-48-50-52-54-56-58-60-64(68)65-62(61-66)63(67)59-57-55-53-51-49-47-45-43-41-39-37-35-33-30-28-26-24-22-20-18-16-14-12-10-8-6-4-2/h5,7,11,13,17,19,23,25,29,31,62-63,66-67H,3-4,6,8-10,12,14-16,18,20-22,24,26-28,30,32-61H2,1-2H3,(H,65,68)/b7-5-,13-11-,19-17-,25-23-,31-29-. The van der Waals surface area contributed by atoms with Crippen molar-refractivity contribution in [3.8, 4) is 0 Å². The zero-order valence-electron chi connectivity index (χ0n) is 45.9. The van der Waals surface area contributed by atoms with Crippen LogP contribution in [0.4, 0.5) is 0 Å². The average molecular weight is 951 g/mol. The Kier molecular flexibility index (Phi) is 57.7. The van der Waals surface area contributed by atoms with Crippen molar-refractivity contribution < 1.29 is 15.0 Å². The zero-order valence-corrected chi connectivity index (χ0v) is 45.9. The first-order valence-corrected chi connectivity index (χ1v) is 30.5. The molecule has 0 aromatic carbocycles. The molecule has 0 aliphatic heterocycles. The Morgan fingerprint density at radius 3 is 0.971 bits per heavy atom. The van der Waals surface area contributed by atoms with Gasteiger partial charge in [-0.3, -0.25) is 4.79 Å². The van der Waals surface area contributed by atoms with Crippen molar-refractivity contribution in [2.45, 2.75) is 334 Å². The van der Waals surface area contributed by atoms with E-state index in [9.17, 15) is 15.0 Å². The molecule has 4 nitrogen and oxygen atoms in total. The predicted molar refractivity (Wildman–Crippen MR) is 304 cm³/mol. The lowest BCUT2D eigenvalue weighted by molar-refractivity contribution is -0.123. The van der Waals surface area contributed by atoms with E-state index in [4.69, 9.17) is 0 Å². The number of hydrogen-bond donors (Lipinski definition) is 3. The first-order chi connectivity index (χ1) is 33.7. The van der Waals surface area contributed by atoms with Gasteiger partial charge in [-0.05, 0) is 57.8 Å². The SMILES string of the molecule is CC/C=C\C/C=C\C/C=C\C/C=C\C/C=C\CCCCCCCCCCCCCCCC(=O)NC(CO)C(O)CCCCCCCCCCCCCCCCCCCCCCCCCCCCC. The molecule has 0 radical (unpaired) electrons. The highest BCUT2D eigenvalue weighted by molar-refractivity contribution is 5.76. The Morgan fingerprint density at radius 1 is 0.368 bits per heavy atom. The van der Waals surface area contributed by atoms with Gasteiger partial charge in [-0.1, -0.05) is 319 Å². The molecule has 0 aliphatic rings. The van der Waals surface area contributed by atoms with Crippen LogP contribution in [0, 0.1) is 0 Å². The maximum atomic E-state index is 12.5. The van der Waals surface area contributed by atoms with Crippen LogP contribution in [0.15, 0.2) is 60.8 Å². The molecule has 2 atom stereocenters. The third-order valence-corrected chi connectivity index (χ3v) is 14.0. The Morgan fingerprint density at radius 2 is 0.647 bits per heavy atom. The second kappa shape index (κ2) is 59.4. The number of carbonyl (C=O) groups excluding carboxylic acids is 1. The average Bonchev–Trinajstić information content (AvgIpc) is 3.34.